The number of amides is 1. The fraction of sp³-hybridized carbons (Fsp3) is 0.526. The lowest BCUT2D eigenvalue weighted by atomic mass is 10.1. The molecule has 1 saturated heterocycles. The standard InChI is InChI=1S/C19H26N2O3S/c1-14(2)13-25(23,24)16-7-9-21(10-8-16)19(22)11-15-12-20-18-6-4-3-5-17(15)18/h3-6,12,14,16,20H,7-11,13H2,1-2H3. The minimum absolute atomic E-state index is 0.0736. The summed E-state index contributed by atoms with van der Waals surface area (Å²) in [5.41, 5.74) is 2.03. The van der Waals surface area contributed by atoms with Crippen LogP contribution in [0.1, 0.15) is 32.3 Å². The highest BCUT2D eigenvalue weighted by molar-refractivity contribution is 7.92. The van der Waals surface area contributed by atoms with Crippen molar-refractivity contribution in [3.63, 3.8) is 0 Å². The highest BCUT2D eigenvalue weighted by Gasteiger charge is 2.31. The fourth-order valence-corrected chi connectivity index (χ4v) is 5.75. The lowest BCUT2D eigenvalue weighted by molar-refractivity contribution is -0.131. The maximum atomic E-state index is 12.6. The molecule has 2 heterocycles. The number of nitrogens with zero attached hydrogens (tertiary/aromatic N) is 1. The molecule has 3 rings (SSSR count). The van der Waals surface area contributed by atoms with Gasteiger partial charge in [0.2, 0.25) is 5.91 Å². The number of piperidine rings is 1. The number of aromatic amines is 1. The number of H-pyrrole nitrogens is 1. The number of carbonyl (C=O) groups is 1. The van der Waals surface area contributed by atoms with E-state index in [0.29, 0.717) is 32.4 Å². The number of para-hydroxylation sites is 1. The van der Waals surface area contributed by atoms with Gasteiger partial charge in [-0.15, -0.1) is 0 Å². The number of fused-ring (bicyclic) bond motifs is 1. The Morgan fingerprint density at radius 2 is 1.92 bits per heavy atom. The number of carbonyl (C=O) groups excluding carboxylic acids is 1. The lowest BCUT2D eigenvalue weighted by Gasteiger charge is -2.32. The van der Waals surface area contributed by atoms with E-state index >= 15 is 0 Å². The highest BCUT2D eigenvalue weighted by Crippen LogP contribution is 2.23. The smallest absolute Gasteiger partial charge is 0.227 e. The van der Waals surface area contributed by atoms with Crippen LogP contribution in [-0.4, -0.2) is 48.3 Å². The predicted molar refractivity (Wildman–Crippen MR) is 100 cm³/mol. The molecule has 0 atom stereocenters. The predicted octanol–water partition coefficient (Wildman–Crippen LogP) is 2.77. The summed E-state index contributed by atoms with van der Waals surface area (Å²) < 4.78 is 24.7. The van der Waals surface area contributed by atoms with Crippen LogP contribution in [0.4, 0.5) is 0 Å². The van der Waals surface area contributed by atoms with E-state index in [1.807, 2.05) is 49.2 Å². The van der Waals surface area contributed by atoms with Crippen molar-refractivity contribution in [2.75, 3.05) is 18.8 Å². The summed E-state index contributed by atoms with van der Waals surface area (Å²) in [7, 11) is -3.05. The summed E-state index contributed by atoms with van der Waals surface area (Å²) in [5.74, 6) is 0.456. The average molecular weight is 362 g/mol. The minimum Gasteiger partial charge on any atom is -0.361 e. The first-order chi connectivity index (χ1) is 11.9. The van der Waals surface area contributed by atoms with Gasteiger partial charge in [-0.2, -0.15) is 0 Å². The van der Waals surface area contributed by atoms with Crippen LogP contribution in [-0.2, 0) is 21.1 Å². The molecule has 136 valence electrons. The van der Waals surface area contributed by atoms with Gasteiger partial charge in [-0.3, -0.25) is 4.79 Å². The molecule has 1 aromatic heterocycles. The van der Waals surface area contributed by atoms with Crippen LogP contribution < -0.4 is 0 Å². The van der Waals surface area contributed by atoms with Gasteiger partial charge in [-0.05, 0) is 30.4 Å². The van der Waals surface area contributed by atoms with Crippen LogP contribution in [0.5, 0.6) is 0 Å². The number of hydrogen-bond donors (Lipinski definition) is 1. The topological polar surface area (TPSA) is 70.2 Å². The molecule has 0 aliphatic carbocycles. The van der Waals surface area contributed by atoms with Crippen molar-refractivity contribution in [1.29, 1.82) is 0 Å². The minimum atomic E-state index is -3.05. The van der Waals surface area contributed by atoms with Gasteiger partial charge < -0.3 is 9.88 Å². The molecule has 1 aromatic carbocycles. The molecule has 1 aliphatic heterocycles. The number of likely N-dealkylation sites (tertiary alicyclic amines) is 1. The van der Waals surface area contributed by atoms with E-state index in [1.54, 1.807) is 0 Å². The zero-order valence-electron chi connectivity index (χ0n) is 14.9. The molecule has 5 nitrogen and oxygen atoms in total. The van der Waals surface area contributed by atoms with Crippen LogP contribution in [0.2, 0.25) is 0 Å². The van der Waals surface area contributed by atoms with E-state index in [9.17, 15) is 13.2 Å². The van der Waals surface area contributed by atoms with Crippen LogP contribution in [0, 0.1) is 5.92 Å². The van der Waals surface area contributed by atoms with Crippen molar-refractivity contribution < 1.29 is 13.2 Å². The normalized spacial score (nSPS) is 16.7. The molecule has 1 N–H and O–H groups in total. The third-order valence-corrected chi connectivity index (χ3v) is 7.50. The average Bonchev–Trinajstić information content (AvgIpc) is 2.97. The second-order valence-corrected chi connectivity index (χ2v) is 9.67. The molecule has 0 saturated carbocycles. The molecular formula is C19H26N2O3S. The fourth-order valence-electron chi connectivity index (χ4n) is 3.62. The van der Waals surface area contributed by atoms with Crippen molar-refractivity contribution in [3.05, 3.63) is 36.0 Å². The van der Waals surface area contributed by atoms with Crippen LogP contribution in [0.3, 0.4) is 0 Å². The molecule has 6 heteroatoms. The summed E-state index contributed by atoms with van der Waals surface area (Å²) in [5, 5.41) is 0.775. The molecule has 1 amide bonds. The van der Waals surface area contributed by atoms with E-state index in [1.165, 1.54) is 0 Å². The number of benzene rings is 1. The number of rotatable bonds is 5. The second-order valence-electron chi connectivity index (χ2n) is 7.34. The third kappa shape index (κ3) is 4.06. The summed E-state index contributed by atoms with van der Waals surface area (Å²) in [6.07, 6.45) is 3.35. The summed E-state index contributed by atoms with van der Waals surface area (Å²) >= 11 is 0. The first kappa shape index (κ1) is 18.0. The van der Waals surface area contributed by atoms with Gasteiger partial charge in [0, 0.05) is 30.2 Å². The zero-order valence-corrected chi connectivity index (χ0v) is 15.7. The van der Waals surface area contributed by atoms with Gasteiger partial charge in [0.1, 0.15) is 0 Å². The zero-order chi connectivity index (χ0) is 18.0. The molecule has 0 bridgehead atoms. The van der Waals surface area contributed by atoms with Crippen molar-refractivity contribution in [3.8, 4) is 0 Å². The van der Waals surface area contributed by atoms with E-state index < -0.39 is 9.84 Å². The largest absolute Gasteiger partial charge is 0.361 e. The summed E-state index contributed by atoms with van der Waals surface area (Å²) in [6.45, 7) is 4.92. The van der Waals surface area contributed by atoms with Crippen LogP contribution >= 0.6 is 0 Å². The van der Waals surface area contributed by atoms with Gasteiger partial charge in [0.15, 0.2) is 9.84 Å². The van der Waals surface area contributed by atoms with Gasteiger partial charge in [-0.1, -0.05) is 32.0 Å². The summed E-state index contributed by atoms with van der Waals surface area (Å²) in [6, 6.07) is 7.94. The second kappa shape index (κ2) is 7.20. The molecule has 0 spiro atoms. The highest BCUT2D eigenvalue weighted by atomic mass is 32.2. The Morgan fingerprint density at radius 3 is 2.60 bits per heavy atom. The van der Waals surface area contributed by atoms with Crippen molar-refractivity contribution in [1.82, 2.24) is 9.88 Å². The quantitative estimate of drug-likeness (QED) is 0.889. The maximum absolute atomic E-state index is 12.6. The van der Waals surface area contributed by atoms with Crippen LogP contribution in [0.25, 0.3) is 10.9 Å². The molecule has 2 aromatic rings. The number of sulfone groups is 1. The van der Waals surface area contributed by atoms with Gasteiger partial charge in [0.05, 0.1) is 17.4 Å². The third-order valence-electron chi connectivity index (χ3n) is 4.88. The van der Waals surface area contributed by atoms with Crippen molar-refractivity contribution in [2.45, 2.75) is 38.4 Å². The Balaban J connectivity index is 1.60. The van der Waals surface area contributed by atoms with E-state index in [0.717, 1.165) is 16.5 Å². The van der Waals surface area contributed by atoms with Gasteiger partial charge in [-0.25, -0.2) is 8.42 Å². The Morgan fingerprint density at radius 1 is 1.24 bits per heavy atom. The number of hydrogen-bond acceptors (Lipinski definition) is 3. The molecule has 0 radical (unpaired) electrons. The Bertz CT molecular complexity index is 846. The Kier molecular flexibility index (Phi) is 5.18. The van der Waals surface area contributed by atoms with Gasteiger partial charge >= 0.3 is 0 Å². The first-order valence-corrected chi connectivity index (χ1v) is 10.6. The summed E-state index contributed by atoms with van der Waals surface area (Å²) in [4.78, 5) is 17.6. The van der Waals surface area contributed by atoms with E-state index in [4.69, 9.17) is 0 Å². The Labute approximate surface area is 149 Å². The molecule has 0 unspecified atom stereocenters. The molecule has 1 aliphatic rings. The van der Waals surface area contributed by atoms with Gasteiger partial charge in [0.25, 0.3) is 0 Å². The van der Waals surface area contributed by atoms with Crippen LogP contribution in [0.15, 0.2) is 30.5 Å². The molecular weight excluding hydrogens is 336 g/mol. The van der Waals surface area contributed by atoms with E-state index in [2.05, 4.69) is 4.98 Å². The maximum Gasteiger partial charge on any atom is 0.227 e. The lowest BCUT2D eigenvalue weighted by Crippen LogP contribution is -2.43. The van der Waals surface area contributed by atoms with Crippen molar-refractivity contribution >= 4 is 26.6 Å². The Hall–Kier alpha value is -1.82. The molecule has 25 heavy (non-hydrogen) atoms. The first-order valence-electron chi connectivity index (χ1n) is 8.91. The van der Waals surface area contributed by atoms with Crippen molar-refractivity contribution in [2.24, 2.45) is 5.92 Å². The molecule has 1 fully saturated rings. The SMILES string of the molecule is CC(C)CS(=O)(=O)C1CCN(C(=O)Cc2c[nH]c3ccccc23)CC1. The number of aromatic nitrogens is 1. The number of nitrogens with one attached hydrogen (secondary N) is 1. The monoisotopic (exact) mass is 362 g/mol. The van der Waals surface area contributed by atoms with E-state index in [-0.39, 0.29) is 22.8 Å².